The van der Waals surface area contributed by atoms with Crippen molar-refractivity contribution in [3.8, 4) is 0 Å². The zero-order valence-electron chi connectivity index (χ0n) is 13.6. The lowest BCUT2D eigenvalue weighted by atomic mass is 10.1. The molecule has 1 atom stereocenters. The Morgan fingerprint density at radius 1 is 1.00 bits per heavy atom. The Morgan fingerprint density at radius 2 is 1.55 bits per heavy atom. The van der Waals surface area contributed by atoms with Crippen LogP contribution in [0.5, 0.6) is 0 Å². The first-order valence-electron chi connectivity index (χ1n) is 7.73. The second-order valence-electron chi connectivity index (χ2n) is 6.19. The van der Waals surface area contributed by atoms with Crippen LogP contribution in [0, 0.1) is 0 Å². The molecule has 0 unspecified atom stereocenters. The number of ether oxygens (including phenoxy) is 1. The summed E-state index contributed by atoms with van der Waals surface area (Å²) in [6, 6.07) is 20.7. The summed E-state index contributed by atoms with van der Waals surface area (Å²) in [4.78, 5) is 12.4. The molecule has 0 saturated heterocycles. The minimum absolute atomic E-state index is 0.0277. The van der Waals surface area contributed by atoms with Gasteiger partial charge in [-0.3, -0.25) is 4.79 Å². The predicted octanol–water partition coefficient (Wildman–Crippen LogP) is 3.78. The molecule has 0 N–H and O–H groups in total. The van der Waals surface area contributed by atoms with Crippen molar-refractivity contribution >= 4 is 19.2 Å². The van der Waals surface area contributed by atoms with E-state index in [-0.39, 0.29) is 11.5 Å². The van der Waals surface area contributed by atoms with Crippen molar-refractivity contribution in [3.63, 3.8) is 0 Å². The molecule has 0 saturated carbocycles. The van der Waals surface area contributed by atoms with E-state index in [0.29, 0.717) is 0 Å². The Bertz CT molecular complexity index is 593. The van der Waals surface area contributed by atoms with Crippen molar-refractivity contribution in [2.45, 2.75) is 31.5 Å². The number of hydrogen-bond acceptors (Lipinski definition) is 2. The van der Waals surface area contributed by atoms with E-state index >= 15 is 0 Å². The SMILES string of the molecule is COC(=O)[C@@H](CCc1ccccc1)[Si](C)(C)c1ccccc1. The zero-order chi connectivity index (χ0) is 16.0. The Kier molecular flexibility index (Phi) is 5.55. The molecule has 2 rings (SSSR count). The number of carbonyl (C=O) groups is 1. The van der Waals surface area contributed by atoms with Crippen LogP contribution >= 0.6 is 0 Å². The highest BCUT2D eigenvalue weighted by molar-refractivity contribution is 6.93. The van der Waals surface area contributed by atoms with Crippen molar-refractivity contribution < 1.29 is 9.53 Å². The van der Waals surface area contributed by atoms with Crippen molar-refractivity contribution in [1.29, 1.82) is 0 Å². The summed E-state index contributed by atoms with van der Waals surface area (Å²) in [7, 11) is -0.428. The van der Waals surface area contributed by atoms with E-state index in [1.165, 1.54) is 17.9 Å². The Hall–Kier alpha value is -1.87. The second-order valence-corrected chi connectivity index (χ2v) is 10.9. The van der Waals surface area contributed by atoms with E-state index in [1.807, 2.05) is 24.3 Å². The predicted molar refractivity (Wildman–Crippen MR) is 94.1 cm³/mol. The van der Waals surface area contributed by atoms with Crippen LogP contribution in [0.15, 0.2) is 60.7 Å². The summed E-state index contributed by atoms with van der Waals surface area (Å²) in [5.74, 6) is -0.0727. The van der Waals surface area contributed by atoms with Crippen molar-refractivity contribution in [2.75, 3.05) is 7.11 Å². The molecule has 3 heteroatoms. The maximum atomic E-state index is 12.4. The van der Waals surface area contributed by atoms with E-state index in [0.717, 1.165) is 12.8 Å². The molecule has 2 nitrogen and oxygen atoms in total. The van der Waals surface area contributed by atoms with Gasteiger partial charge < -0.3 is 4.74 Å². The number of hydrogen-bond donors (Lipinski definition) is 0. The average Bonchev–Trinajstić information content (AvgIpc) is 2.56. The minimum Gasteiger partial charge on any atom is -0.469 e. The molecular formula is C19H24O2Si. The number of aryl methyl sites for hydroxylation is 1. The molecule has 22 heavy (non-hydrogen) atoms. The minimum atomic E-state index is -1.92. The van der Waals surface area contributed by atoms with Gasteiger partial charge in [0.05, 0.1) is 20.7 Å². The number of rotatable bonds is 6. The van der Waals surface area contributed by atoms with Gasteiger partial charge in [-0.05, 0) is 18.4 Å². The fraction of sp³-hybridized carbons (Fsp3) is 0.316. The Labute approximate surface area is 134 Å². The molecule has 0 spiro atoms. The number of methoxy groups -OCH3 is 1. The summed E-state index contributed by atoms with van der Waals surface area (Å²) in [5, 5.41) is 1.30. The van der Waals surface area contributed by atoms with Crippen LogP contribution in [-0.4, -0.2) is 21.2 Å². The van der Waals surface area contributed by atoms with Crippen LogP contribution in [0.1, 0.15) is 12.0 Å². The monoisotopic (exact) mass is 312 g/mol. The molecule has 0 radical (unpaired) electrons. The molecule has 0 amide bonds. The lowest BCUT2D eigenvalue weighted by Gasteiger charge is -2.31. The quantitative estimate of drug-likeness (QED) is 0.599. The molecule has 0 aromatic heterocycles. The highest BCUT2D eigenvalue weighted by Crippen LogP contribution is 2.28. The van der Waals surface area contributed by atoms with E-state index in [4.69, 9.17) is 4.74 Å². The van der Waals surface area contributed by atoms with Gasteiger partial charge in [-0.2, -0.15) is 0 Å². The third-order valence-corrected chi connectivity index (χ3v) is 8.53. The van der Waals surface area contributed by atoms with E-state index in [9.17, 15) is 4.79 Å². The van der Waals surface area contributed by atoms with Gasteiger partial charge in [-0.25, -0.2) is 0 Å². The van der Waals surface area contributed by atoms with Gasteiger partial charge >= 0.3 is 5.97 Å². The van der Waals surface area contributed by atoms with Crippen LogP contribution in [0.3, 0.4) is 0 Å². The number of carbonyl (C=O) groups excluding carboxylic acids is 1. The van der Waals surface area contributed by atoms with Gasteiger partial charge in [-0.1, -0.05) is 78.9 Å². The van der Waals surface area contributed by atoms with Crippen LogP contribution in [0.2, 0.25) is 18.6 Å². The van der Waals surface area contributed by atoms with Crippen LogP contribution in [0.25, 0.3) is 0 Å². The summed E-state index contributed by atoms with van der Waals surface area (Å²) in [6.07, 6.45) is 1.74. The molecule has 0 bridgehead atoms. The number of esters is 1. The van der Waals surface area contributed by atoms with Crippen molar-refractivity contribution in [2.24, 2.45) is 0 Å². The van der Waals surface area contributed by atoms with Gasteiger partial charge in [0.15, 0.2) is 0 Å². The Balaban J connectivity index is 2.20. The maximum absolute atomic E-state index is 12.4. The van der Waals surface area contributed by atoms with Crippen molar-refractivity contribution in [3.05, 3.63) is 66.2 Å². The summed E-state index contributed by atoms with van der Waals surface area (Å²) in [6.45, 7) is 4.52. The molecular weight excluding hydrogens is 288 g/mol. The molecule has 116 valence electrons. The average molecular weight is 312 g/mol. The summed E-state index contributed by atoms with van der Waals surface area (Å²) < 4.78 is 5.10. The third kappa shape index (κ3) is 3.86. The van der Waals surface area contributed by atoms with Gasteiger partial charge in [0.25, 0.3) is 0 Å². The summed E-state index contributed by atoms with van der Waals surface area (Å²) in [5.41, 5.74) is 1.24. The Morgan fingerprint density at radius 3 is 2.09 bits per heavy atom. The first-order valence-corrected chi connectivity index (χ1v) is 10.8. The number of benzene rings is 2. The first-order chi connectivity index (χ1) is 10.6. The first kappa shape index (κ1) is 16.5. The largest absolute Gasteiger partial charge is 0.469 e. The molecule has 0 aliphatic rings. The summed E-state index contributed by atoms with van der Waals surface area (Å²) >= 11 is 0. The second kappa shape index (κ2) is 7.41. The normalized spacial score (nSPS) is 12.7. The van der Waals surface area contributed by atoms with Gasteiger partial charge in [0.2, 0.25) is 0 Å². The van der Waals surface area contributed by atoms with Gasteiger partial charge in [0.1, 0.15) is 0 Å². The highest BCUT2D eigenvalue weighted by Gasteiger charge is 2.38. The zero-order valence-corrected chi connectivity index (χ0v) is 14.6. The van der Waals surface area contributed by atoms with Crippen molar-refractivity contribution in [1.82, 2.24) is 0 Å². The standard InChI is InChI=1S/C19H24O2Si/c1-21-19(20)18(15-14-16-10-6-4-7-11-16)22(2,3)17-12-8-5-9-13-17/h4-13,18H,14-15H2,1-3H3/t18-/m1/s1. The van der Waals surface area contributed by atoms with Crippen LogP contribution < -0.4 is 5.19 Å². The molecule has 0 aliphatic heterocycles. The van der Waals surface area contributed by atoms with Crippen LogP contribution in [0.4, 0.5) is 0 Å². The van der Waals surface area contributed by atoms with E-state index in [1.54, 1.807) is 0 Å². The van der Waals surface area contributed by atoms with Gasteiger partial charge in [-0.15, -0.1) is 0 Å². The third-order valence-electron chi connectivity index (χ3n) is 4.44. The molecule has 0 heterocycles. The fourth-order valence-corrected chi connectivity index (χ4v) is 5.97. The van der Waals surface area contributed by atoms with E-state index < -0.39 is 8.07 Å². The highest BCUT2D eigenvalue weighted by atomic mass is 28.3. The maximum Gasteiger partial charge on any atom is 0.306 e. The molecule has 0 fully saturated rings. The topological polar surface area (TPSA) is 26.3 Å². The molecule has 2 aromatic rings. The lowest BCUT2D eigenvalue weighted by Crippen LogP contribution is -2.49. The van der Waals surface area contributed by atoms with Crippen LogP contribution in [-0.2, 0) is 16.0 Å². The smallest absolute Gasteiger partial charge is 0.306 e. The van der Waals surface area contributed by atoms with Gasteiger partial charge in [0, 0.05) is 0 Å². The lowest BCUT2D eigenvalue weighted by molar-refractivity contribution is -0.140. The molecule has 0 aliphatic carbocycles. The molecule has 2 aromatic carbocycles. The fourth-order valence-electron chi connectivity index (χ4n) is 2.94. The van der Waals surface area contributed by atoms with E-state index in [2.05, 4.69) is 49.5 Å².